The van der Waals surface area contributed by atoms with Crippen molar-refractivity contribution >= 4 is 18.4 Å². The Bertz CT molecular complexity index is 714. The van der Waals surface area contributed by atoms with Crippen LogP contribution < -0.4 is 5.56 Å². The second kappa shape index (κ2) is 8.24. The van der Waals surface area contributed by atoms with Gasteiger partial charge in [0.05, 0.1) is 0 Å². The molecular weight excluding hydrogens is 310 g/mol. The third kappa shape index (κ3) is 4.89. The summed E-state index contributed by atoms with van der Waals surface area (Å²) in [6.07, 6.45) is 9.29. The number of aromatic hydroxyl groups is 1. The summed E-state index contributed by atoms with van der Waals surface area (Å²) in [7, 11) is 0. The standard InChI is InChI=1S/C17H25N3O2S/c1-12(2)10-18-11-14-15(21)19-17(23)20(16(14)22)9-8-13-6-4-3-5-7-13/h6,11-12,22H,3-5,7-10H2,1-2H3,(H,19,21,23). The van der Waals surface area contributed by atoms with Gasteiger partial charge >= 0.3 is 0 Å². The van der Waals surface area contributed by atoms with E-state index in [1.807, 2.05) is 13.8 Å². The molecule has 0 bridgehead atoms. The zero-order chi connectivity index (χ0) is 16.8. The third-order valence-electron chi connectivity index (χ3n) is 3.94. The lowest BCUT2D eigenvalue weighted by Crippen LogP contribution is -2.19. The Kier molecular flexibility index (Phi) is 6.33. The average Bonchev–Trinajstić information content (AvgIpc) is 2.51. The van der Waals surface area contributed by atoms with Gasteiger partial charge in [-0.1, -0.05) is 25.5 Å². The van der Waals surface area contributed by atoms with E-state index < -0.39 is 5.56 Å². The van der Waals surface area contributed by atoms with Crippen LogP contribution in [0.4, 0.5) is 0 Å². The quantitative estimate of drug-likeness (QED) is 0.474. The van der Waals surface area contributed by atoms with E-state index >= 15 is 0 Å². The minimum absolute atomic E-state index is 0.0948. The molecule has 1 aromatic heterocycles. The van der Waals surface area contributed by atoms with Gasteiger partial charge in [0.25, 0.3) is 5.56 Å². The average molecular weight is 335 g/mol. The van der Waals surface area contributed by atoms with Gasteiger partial charge < -0.3 is 5.11 Å². The monoisotopic (exact) mass is 335 g/mol. The number of aromatic amines is 1. The minimum atomic E-state index is -0.395. The largest absolute Gasteiger partial charge is 0.494 e. The maximum Gasteiger partial charge on any atom is 0.264 e. The van der Waals surface area contributed by atoms with Gasteiger partial charge in [0, 0.05) is 19.3 Å². The second-order valence-corrected chi connectivity index (χ2v) is 6.78. The molecule has 0 fully saturated rings. The zero-order valence-corrected chi connectivity index (χ0v) is 14.7. The van der Waals surface area contributed by atoms with Crippen LogP contribution >= 0.6 is 12.2 Å². The molecule has 0 spiro atoms. The first-order valence-corrected chi connectivity index (χ1v) is 8.63. The maximum atomic E-state index is 12.0. The van der Waals surface area contributed by atoms with Crippen LogP contribution in [-0.4, -0.2) is 27.4 Å². The highest BCUT2D eigenvalue weighted by Gasteiger charge is 2.12. The van der Waals surface area contributed by atoms with Crippen molar-refractivity contribution < 1.29 is 5.11 Å². The molecule has 0 saturated heterocycles. The van der Waals surface area contributed by atoms with E-state index in [1.54, 1.807) is 4.57 Å². The number of hydrogen-bond acceptors (Lipinski definition) is 4. The lowest BCUT2D eigenvalue weighted by atomic mass is 9.97. The van der Waals surface area contributed by atoms with E-state index in [4.69, 9.17) is 12.2 Å². The highest BCUT2D eigenvalue weighted by atomic mass is 32.1. The molecule has 5 nitrogen and oxygen atoms in total. The lowest BCUT2D eigenvalue weighted by molar-refractivity contribution is 0.402. The van der Waals surface area contributed by atoms with E-state index in [9.17, 15) is 9.90 Å². The van der Waals surface area contributed by atoms with E-state index in [0.717, 1.165) is 19.3 Å². The van der Waals surface area contributed by atoms with Crippen molar-refractivity contribution in [2.45, 2.75) is 52.5 Å². The minimum Gasteiger partial charge on any atom is -0.494 e. The predicted octanol–water partition coefficient (Wildman–Crippen LogP) is 3.58. The molecule has 2 N–H and O–H groups in total. The van der Waals surface area contributed by atoms with Crippen molar-refractivity contribution in [3.63, 3.8) is 0 Å². The van der Waals surface area contributed by atoms with Gasteiger partial charge in [0.15, 0.2) is 4.77 Å². The molecule has 1 aliphatic carbocycles. The smallest absolute Gasteiger partial charge is 0.264 e. The molecule has 23 heavy (non-hydrogen) atoms. The first-order valence-electron chi connectivity index (χ1n) is 8.23. The van der Waals surface area contributed by atoms with Crippen LogP contribution in [0.5, 0.6) is 5.88 Å². The summed E-state index contributed by atoms with van der Waals surface area (Å²) in [5.41, 5.74) is 1.18. The molecule has 126 valence electrons. The van der Waals surface area contributed by atoms with Crippen LogP contribution in [0, 0.1) is 10.7 Å². The molecule has 1 aliphatic rings. The highest BCUT2D eigenvalue weighted by Crippen LogP contribution is 2.22. The van der Waals surface area contributed by atoms with Crippen LogP contribution in [0.1, 0.15) is 51.5 Å². The first-order chi connectivity index (χ1) is 11.0. The topological polar surface area (TPSA) is 70.4 Å². The molecule has 1 aromatic rings. The normalized spacial score (nSPS) is 15.3. The molecule has 0 amide bonds. The maximum absolute atomic E-state index is 12.0. The van der Waals surface area contributed by atoms with Gasteiger partial charge in [-0.05, 0) is 50.2 Å². The number of aromatic nitrogens is 2. The van der Waals surface area contributed by atoms with E-state index in [0.29, 0.717) is 19.0 Å². The molecule has 0 radical (unpaired) electrons. The third-order valence-corrected chi connectivity index (χ3v) is 4.26. The van der Waals surface area contributed by atoms with Crippen molar-refractivity contribution in [3.05, 3.63) is 32.3 Å². The molecule has 0 aliphatic heterocycles. The fourth-order valence-corrected chi connectivity index (χ4v) is 2.91. The molecule has 2 rings (SSSR count). The van der Waals surface area contributed by atoms with Crippen LogP contribution in [-0.2, 0) is 6.54 Å². The Hall–Kier alpha value is -1.69. The van der Waals surface area contributed by atoms with Crippen molar-refractivity contribution in [2.75, 3.05) is 6.54 Å². The molecule has 1 heterocycles. The van der Waals surface area contributed by atoms with Crippen LogP contribution in [0.25, 0.3) is 0 Å². The van der Waals surface area contributed by atoms with Crippen molar-refractivity contribution in [3.8, 4) is 5.88 Å². The number of nitrogens with one attached hydrogen (secondary N) is 1. The van der Waals surface area contributed by atoms with Gasteiger partial charge in [0.1, 0.15) is 5.56 Å². The summed E-state index contributed by atoms with van der Waals surface area (Å²) < 4.78 is 1.84. The van der Waals surface area contributed by atoms with Crippen molar-refractivity contribution in [1.82, 2.24) is 9.55 Å². The molecule has 0 atom stereocenters. The molecule has 0 unspecified atom stereocenters. The number of H-pyrrole nitrogens is 1. The van der Waals surface area contributed by atoms with E-state index in [2.05, 4.69) is 16.1 Å². The number of aliphatic imine (C=N–C) groups is 1. The lowest BCUT2D eigenvalue weighted by Gasteiger charge is -2.15. The van der Waals surface area contributed by atoms with Crippen LogP contribution in [0.3, 0.4) is 0 Å². The summed E-state index contributed by atoms with van der Waals surface area (Å²) in [6.45, 7) is 5.28. The second-order valence-electron chi connectivity index (χ2n) is 6.39. The summed E-state index contributed by atoms with van der Waals surface area (Å²) in [5.74, 6) is 0.304. The van der Waals surface area contributed by atoms with Gasteiger partial charge in [-0.25, -0.2) is 0 Å². The Morgan fingerprint density at radius 3 is 2.91 bits per heavy atom. The van der Waals surface area contributed by atoms with Crippen LogP contribution in [0.15, 0.2) is 21.4 Å². The Morgan fingerprint density at radius 1 is 1.48 bits per heavy atom. The Labute approximate surface area is 141 Å². The fraction of sp³-hybridized carbons (Fsp3) is 0.588. The number of hydrogen-bond donors (Lipinski definition) is 2. The van der Waals surface area contributed by atoms with E-state index in [-0.39, 0.29) is 16.2 Å². The molecule has 6 heteroatoms. The summed E-state index contributed by atoms with van der Waals surface area (Å²) >= 11 is 5.19. The predicted molar refractivity (Wildman–Crippen MR) is 96.0 cm³/mol. The molecule has 0 aromatic carbocycles. The first kappa shape index (κ1) is 17.7. The number of allylic oxidation sites excluding steroid dienone is 2. The summed E-state index contributed by atoms with van der Waals surface area (Å²) in [4.78, 5) is 18.8. The zero-order valence-electron chi connectivity index (χ0n) is 13.8. The Balaban J connectivity index is 2.22. The Morgan fingerprint density at radius 2 is 2.26 bits per heavy atom. The fourth-order valence-electron chi connectivity index (χ4n) is 2.64. The number of rotatable bonds is 6. The van der Waals surface area contributed by atoms with Crippen molar-refractivity contribution in [1.29, 1.82) is 0 Å². The summed E-state index contributed by atoms with van der Waals surface area (Å²) in [5, 5.41) is 10.4. The SMILES string of the molecule is CC(C)CN=Cc1c(O)n(CCC2=CCCCC2)c(=S)[nH]c1=O. The number of nitrogens with zero attached hydrogens (tertiary/aromatic N) is 2. The molecule has 0 saturated carbocycles. The van der Waals surface area contributed by atoms with Crippen molar-refractivity contribution in [2.24, 2.45) is 10.9 Å². The van der Waals surface area contributed by atoms with Gasteiger partial charge in [0.2, 0.25) is 5.88 Å². The van der Waals surface area contributed by atoms with Crippen LogP contribution in [0.2, 0.25) is 0 Å². The van der Waals surface area contributed by atoms with Gasteiger partial charge in [-0.15, -0.1) is 0 Å². The van der Waals surface area contributed by atoms with Gasteiger partial charge in [-0.2, -0.15) is 0 Å². The molecular formula is C17H25N3O2S. The van der Waals surface area contributed by atoms with E-state index in [1.165, 1.54) is 24.6 Å². The summed E-state index contributed by atoms with van der Waals surface area (Å²) in [6, 6.07) is 0. The van der Waals surface area contributed by atoms with Gasteiger partial charge in [-0.3, -0.25) is 19.3 Å². The highest BCUT2D eigenvalue weighted by molar-refractivity contribution is 7.71.